The largest absolute Gasteiger partial charge is 0.468 e. The molecule has 0 spiro atoms. The summed E-state index contributed by atoms with van der Waals surface area (Å²) in [6, 6.07) is 6.72. The van der Waals surface area contributed by atoms with Crippen molar-refractivity contribution < 1.29 is 19.0 Å². The fraction of sp³-hybridized carbons (Fsp3) is 0.300. The Labute approximate surface area is 82.4 Å². The molecule has 1 rings (SSSR count). The van der Waals surface area contributed by atoms with Crippen LogP contribution in [-0.2, 0) is 9.47 Å². The second-order valence-corrected chi connectivity index (χ2v) is 2.57. The van der Waals surface area contributed by atoms with Crippen LogP contribution in [0.15, 0.2) is 24.3 Å². The number of hydrogen-bond acceptors (Lipinski definition) is 4. The molecule has 4 heteroatoms. The molecule has 0 aliphatic carbocycles. The summed E-state index contributed by atoms with van der Waals surface area (Å²) in [6.45, 7) is 0.157. The van der Waals surface area contributed by atoms with E-state index in [0.717, 1.165) is 0 Å². The van der Waals surface area contributed by atoms with Crippen molar-refractivity contribution in [3.05, 3.63) is 29.8 Å². The monoisotopic (exact) mass is 196 g/mol. The zero-order valence-corrected chi connectivity index (χ0v) is 8.15. The normalized spacial score (nSPS) is 9.57. The number of methoxy groups -OCH3 is 2. The maximum atomic E-state index is 11.1. The van der Waals surface area contributed by atoms with E-state index >= 15 is 0 Å². The molecule has 4 nitrogen and oxygen atoms in total. The van der Waals surface area contributed by atoms with Crippen LogP contribution in [0.4, 0.5) is 0 Å². The van der Waals surface area contributed by atoms with Gasteiger partial charge in [-0.15, -0.1) is 0 Å². The van der Waals surface area contributed by atoms with E-state index in [0.29, 0.717) is 11.3 Å². The predicted molar refractivity (Wildman–Crippen MR) is 50.3 cm³/mol. The van der Waals surface area contributed by atoms with Crippen molar-refractivity contribution in [2.75, 3.05) is 21.0 Å². The van der Waals surface area contributed by atoms with Gasteiger partial charge < -0.3 is 14.2 Å². The Balaban J connectivity index is 2.73. The van der Waals surface area contributed by atoms with Gasteiger partial charge in [0.2, 0.25) is 0 Å². The summed E-state index contributed by atoms with van der Waals surface area (Å²) in [5.41, 5.74) is 0.459. The van der Waals surface area contributed by atoms with Crippen molar-refractivity contribution in [2.45, 2.75) is 0 Å². The lowest BCUT2D eigenvalue weighted by Crippen LogP contribution is -2.03. The Kier molecular flexibility index (Phi) is 3.94. The number of esters is 1. The van der Waals surface area contributed by atoms with E-state index in [1.165, 1.54) is 14.2 Å². The van der Waals surface area contributed by atoms with E-state index < -0.39 is 0 Å². The molecule has 0 N–H and O–H groups in total. The van der Waals surface area contributed by atoms with E-state index in [2.05, 4.69) is 4.74 Å². The average molecular weight is 196 g/mol. The van der Waals surface area contributed by atoms with E-state index in [9.17, 15) is 4.79 Å². The maximum absolute atomic E-state index is 11.1. The molecule has 0 aliphatic rings. The van der Waals surface area contributed by atoms with Crippen molar-refractivity contribution in [3.8, 4) is 5.75 Å². The van der Waals surface area contributed by atoms with Gasteiger partial charge in [-0.1, -0.05) is 6.07 Å². The van der Waals surface area contributed by atoms with Gasteiger partial charge in [0.15, 0.2) is 6.79 Å². The molecule has 0 saturated heterocycles. The van der Waals surface area contributed by atoms with Gasteiger partial charge in [-0.2, -0.15) is 0 Å². The standard InChI is InChI=1S/C10H12O4/c1-12-7-14-9-5-3-4-8(6-9)10(11)13-2/h3-6H,7H2,1-2H3. The Hall–Kier alpha value is -1.55. The van der Waals surface area contributed by atoms with Gasteiger partial charge in [0, 0.05) is 7.11 Å². The van der Waals surface area contributed by atoms with E-state index in [1.807, 2.05) is 0 Å². The number of benzene rings is 1. The van der Waals surface area contributed by atoms with Gasteiger partial charge >= 0.3 is 5.97 Å². The SMILES string of the molecule is COCOc1cccc(C(=O)OC)c1. The van der Waals surface area contributed by atoms with Crippen LogP contribution < -0.4 is 4.74 Å². The predicted octanol–water partition coefficient (Wildman–Crippen LogP) is 1.46. The highest BCUT2D eigenvalue weighted by atomic mass is 16.7. The van der Waals surface area contributed by atoms with Crippen LogP contribution in [0, 0.1) is 0 Å². The summed E-state index contributed by atoms with van der Waals surface area (Å²) in [5.74, 6) is 0.197. The van der Waals surface area contributed by atoms with Gasteiger partial charge in [0.05, 0.1) is 12.7 Å². The molecule has 14 heavy (non-hydrogen) atoms. The molecule has 0 amide bonds. The Morgan fingerprint density at radius 1 is 1.36 bits per heavy atom. The first kappa shape index (κ1) is 10.5. The molecule has 1 aromatic rings. The minimum atomic E-state index is -0.382. The van der Waals surface area contributed by atoms with Crippen LogP contribution in [0.1, 0.15) is 10.4 Å². The molecule has 0 aromatic heterocycles. The van der Waals surface area contributed by atoms with E-state index in [1.54, 1.807) is 24.3 Å². The first-order chi connectivity index (χ1) is 6.77. The molecule has 0 heterocycles. The maximum Gasteiger partial charge on any atom is 0.337 e. The van der Waals surface area contributed by atoms with Gasteiger partial charge in [0.1, 0.15) is 5.75 Å². The van der Waals surface area contributed by atoms with Gasteiger partial charge in [-0.25, -0.2) is 4.79 Å². The first-order valence-corrected chi connectivity index (χ1v) is 4.08. The second-order valence-electron chi connectivity index (χ2n) is 2.57. The third-order valence-electron chi connectivity index (χ3n) is 1.60. The minimum absolute atomic E-state index is 0.157. The smallest absolute Gasteiger partial charge is 0.337 e. The molecular weight excluding hydrogens is 184 g/mol. The number of hydrogen-bond donors (Lipinski definition) is 0. The second kappa shape index (κ2) is 5.24. The average Bonchev–Trinajstić information content (AvgIpc) is 2.25. The Bertz CT molecular complexity index is 309. The van der Waals surface area contributed by atoms with Gasteiger partial charge in [-0.3, -0.25) is 0 Å². The van der Waals surface area contributed by atoms with Crippen molar-refractivity contribution in [1.29, 1.82) is 0 Å². The van der Waals surface area contributed by atoms with Crippen molar-refractivity contribution in [3.63, 3.8) is 0 Å². The quantitative estimate of drug-likeness (QED) is 0.540. The summed E-state index contributed by atoms with van der Waals surface area (Å²) >= 11 is 0. The summed E-state index contributed by atoms with van der Waals surface area (Å²) in [7, 11) is 2.87. The fourth-order valence-electron chi connectivity index (χ4n) is 0.958. The third-order valence-corrected chi connectivity index (χ3v) is 1.60. The molecule has 0 fully saturated rings. The van der Waals surface area contributed by atoms with Crippen LogP contribution >= 0.6 is 0 Å². The zero-order chi connectivity index (χ0) is 10.4. The first-order valence-electron chi connectivity index (χ1n) is 4.08. The summed E-state index contributed by atoms with van der Waals surface area (Å²) in [4.78, 5) is 11.1. The number of rotatable bonds is 4. The third kappa shape index (κ3) is 2.74. The van der Waals surface area contributed by atoms with Crippen LogP contribution in [0.5, 0.6) is 5.75 Å². The Morgan fingerprint density at radius 3 is 2.79 bits per heavy atom. The summed E-state index contributed by atoms with van der Waals surface area (Å²) in [6.07, 6.45) is 0. The van der Waals surface area contributed by atoms with Crippen molar-refractivity contribution >= 4 is 5.97 Å². The minimum Gasteiger partial charge on any atom is -0.468 e. The van der Waals surface area contributed by atoms with Crippen molar-refractivity contribution in [2.24, 2.45) is 0 Å². The fourth-order valence-corrected chi connectivity index (χ4v) is 0.958. The van der Waals surface area contributed by atoms with Crippen LogP contribution in [0.25, 0.3) is 0 Å². The van der Waals surface area contributed by atoms with Crippen LogP contribution in [0.3, 0.4) is 0 Å². The molecule has 0 radical (unpaired) electrons. The molecule has 0 saturated carbocycles. The molecular formula is C10H12O4. The van der Waals surface area contributed by atoms with E-state index in [4.69, 9.17) is 9.47 Å². The molecule has 0 atom stereocenters. The molecule has 0 unspecified atom stereocenters. The van der Waals surface area contributed by atoms with E-state index in [-0.39, 0.29) is 12.8 Å². The molecule has 1 aromatic carbocycles. The lowest BCUT2D eigenvalue weighted by atomic mass is 10.2. The molecule has 0 bridgehead atoms. The Morgan fingerprint density at radius 2 is 2.14 bits per heavy atom. The zero-order valence-electron chi connectivity index (χ0n) is 8.15. The highest BCUT2D eigenvalue weighted by Gasteiger charge is 2.05. The molecule has 0 aliphatic heterocycles. The summed E-state index contributed by atoms with van der Waals surface area (Å²) in [5, 5.41) is 0. The summed E-state index contributed by atoms with van der Waals surface area (Å²) < 4.78 is 14.5. The lowest BCUT2D eigenvalue weighted by molar-refractivity contribution is 0.0504. The number of carbonyl (C=O) groups is 1. The van der Waals surface area contributed by atoms with Gasteiger partial charge in [-0.05, 0) is 18.2 Å². The van der Waals surface area contributed by atoms with Crippen molar-refractivity contribution in [1.82, 2.24) is 0 Å². The highest BCUT2D eigenvalue weighted by molar-refractivity contribution is 5.89. The number of ether oxygens (including phenoxy) is 3. The van der Waals surface area contributed by atoms with Crippen LogP contribution in [-0.4, -0.2) is 27.0 Å². The van der Waals surface area contributed by atoms with Crippen LogP contribution in [0.2, 0.25) is 0 Å². The molecule has 76 valence electrons. The highest BCUT2D eigenvalue weighted by Crippen LogP contribution is 2.13. The lowest BCUT2D eigenvalue weighted by Gasteiger charge is -2.05. The van der Waals surface area contributed by atoms with Gasteiger partial charge in [0.25, 0.3) is 0 Å². The number of carbonyl (C=O) groups excluding carboxylic acids is 1. The topological polar surface area (TPSA) is 44.8 Å².